The highest BCUT2D eigenvalue weighted by atomic mass is 15.1. The summed E-state index contributed by atoms with van der Waals surface area (Å²) < 4.78 is 0. The predicted molar refractivity (Wildman–Crippen MR) is 38.9 cm³/mol. The Labute approximate surface area is 56.3 Å². The van der Waals surface area contributed by atoms with Crippen molar-refractivity contribution in [1.82, 2.24) is 4.90 Å². The first-order chi connectivity index (χ1) is 4.24. The maximum atomic E-state index is 5.49. The Morgan fingerprint density at radius 2 is 2.56 bits per heavy atom. The van der Waals surface area contributed by atoms with Gasteiger partial charge in [0.2, 0.25) is 0 Å². The molecule has 0 radical (unpaired) electrons. The standard InChI is InChI=1S/C7H14N2/c1-6-4-9(2)5-7(6)3-8/h5-6H,3-4,8H2,1-2H3. The number of nitrogens with zero attached hydrogens (tertiary/aromatic N) is 1. The summed E-state index contributed by atoms with van der Waals surface area (Å²) in [4.78, 5) is 2.19. The summed E-state index contributed by atoms with van der Waals surface area (Å²) in [7, 11) is 2.08. The molecule has 1 rings (SSSR count). The van der Waals surface area contributed by atoms with Gasteiger partial charge in [-0.3, -0.25) is 0 Å². The molecule has 0 fully saturated rings. The molecule has 0 saturated carbocycles. The van der Waals surface area contributed by atoms with Gasteiger partial charge in [0.15, 0.2) is 0 Å². The second-order valence-corrected chi connectivity index (χ2v) is 2.75. The van der Waals surface area contributed by atoms with Crippen LogP contribution in [0.5, 0.6) is 0 Å². The second-order valence-electron chi connectivity index (χ2n) is 2.75. The minimum atomic E-state index is 0.667. The van der Waals surface area contributed by atoms with Crippen LogP contribution >= 0.6 is 0 Å². The van der Waals surface area contributed by atoms with E-state index in [-0.39, 0.29) is 0 Å². The van der Waals surface area contributed by atoms with E-state index in [4.69, 9.17) is 5.73 Å². The van der Waals surface area contributed by atoms with Crippen molar-refractivity contribution in [3.05, 3.63) is 11.8 Å². The van der Waals surface area contributed by atoms with Crippen LogP contribution in [0.15, 0.2) is 11.8 Å². The first-order valence-corrected chi connectivity index (χ1v) is 3.35. The molecule has 0 saturated heterocycles. The largest absolute Gasteiger partial charge is 0.380 e. The summed E-state index contributed by atoms with van der Waals surface area (Å²) in [6, 6.07) is 0. The number of nitrogens with two attached hydrogens (primary N) is 1. The predicted octanol–water partition coefficient (Wildman–Crippen LogP) is 0.410. The van der Waals surface area contributed by atoms with Crippen LogP contribution in [-0.2, 0) is 0 Å². The van der Waals surface area contributed by atoms with Gasteiger partial charge in [-0.05, 0) is 17.7 Å². The number of hydrogen-bond donors (Lipinski definition) is 1. The van der Waals surface area contributed by atoms with Gasteiger partial charge in [-0.25, -0.2) is 0 Å². The third-order valence-corrected chi connectivity index (χ3v) is 1.82. The molecule has 52 valence electrons. The van der Waals surface area contributed by atoms with Gasteiger partial charge in [0.05, 0.1) is 0 Å². The topological polar surface area (TPSA) is 29.3 Å². The van der Waals surface area contributed by atoms with E-state index in [2.05, 4.69) is 25.1 Å². The molecule has 1 unspecified atom stereocenters. The molecule has 0 aromatic heterocycles. The minimum absolute atomic E-state index is 0.667. The van der Waals surface area contributed by atoms with Crippen LogP contribution in [0.25, 0.3) is 0 Å². The minimum Gasteiger partial charge on any atom is -0.380 e. The average Bonchev–Trinajstić information content (AvgIpc) is 2.10. The third-order valence-electron chi connectivity index (χ3n) is 1.82. The summed E-state index contributed by atoms with van der Waals surface area (Å²) in [6.45, 7) is 4.06. The fourth-order valence-electron chi connectivity index (χ4n) is 1.27. The first-order valence-electron chi connectivity index (χ1n) is 3.35. The van der Waals surface area contributed by atoms with Gasteiger partial charge >= 0.3 is 0 Å². The van der Waals surface area contributed by atoms with Crippen molar-refractivity contribution in [2.24, 2.45) is 11.7 Å². The summed E-state index contributed by atoms with van der Waals surface area (Å²) in [5.41, 5.74) is 6.86. The van der Waals surface area contributed by atoms with Crippen molar-refractivity contribution in [2.75, 3.05) is 20.1 Å². The lowest BCUT2D eigenvalue weighted by atomic mass is 10.1. The van der Waals surface area contributed by atoms with Gasteiger partial charge in [0.25, 0.3) is 0 Å². The Balaban J connectivity index is 2.57. The van der Waals surface area contributed by atoms with E-state index in [0.29, 0.717) is 12.5 Å². The van der Waals surface area contributed by atoms with E-state index in [1.807, 2.05) is 0 Å². The summed E-state index contributed by atoms with van der Waals surface area (Å²) in [5, 5.41) is 0. The highest BCUT2D eigenvalue weighted by Gasteiger charge is 2.15. The van der Waals surface area contributed by atoms with Crippen LogP contribution in [0.2, 0.25) is 0 Å². The smallest absolute Gasteiger partial charge is 0.0233 e. The summed E-state index contributed by atoms with van der Waals surface area (Å²) in [6.07, 6.45) is 2.14. The Kier molecular flexibility index (Phi) is 1.76. The SMILES string of the molecule is CC1CN(C)C=C1CN. The van der Waals surface area contributed by atoms with E-state index in [0.717, 1.165) is 6.54 Å². The molecule has 0 aliphatic carbocycles. The lowest BCUT2D eigenvalue weighted by Crippen LogP contribution is -2.12. The van der Waals surface area contributed by atoms with Crippen LogP contribution in [0.3, 0.4) is 0 Å². The van der Waals surface area contributed by atoms with Crippen molar-refractivity contribution < 1.29 is 0 Å². The molecule has 2 N–H and O–H groups in total. The zero-order valence-corrected chi connectivity index (χ0v) is 6.09. The van der Waals surface area contributed by atoms with Gasteiger partial charge in [0, 0.05) is 20.1 Å². The second kappa shape index (κ2) is 2.40. The highest BCUT2D eigenvalue weighted by molar-refractivity contribution is 5.12. The normalized spacial score (nSPS) is 26.8. The average molecular weight is 126 g/mol. The third kappa shape index (κ3) is 1.24. The van der Waals surface area contributed by atoms with E-state index in [9.17, 15) is 0 Å². The fraction of sp³-hybridized carbons (Fsp3) is 0.714. The van der Waals surface area contributed by atoms with Gasteiger partial charge in [0.1, 0.15) is 0 Å². The van der Waals surface area contributed by atoms with Gasteiger partial charge < -0.3 is 10.6 Å². The van der Waals surface area contributed by atoms with E-state index >= 15 is 0 Å². The van der Waals surface area contributed by atoms with Crippen molar-refractivity contribution >= 4 is 0 Å². The molecule has 0 aromatic rings. The molecule has 2 nitrogen and oxygen atoms in total. The Morgan fingerprint density at radius 3 is 2.78 bits per heavy atom. The van der Waals surface area contributed by atoms with Gasteiger partial charge in [-0.2, -0.15) is 0 Å². The van der Waals surface area contributed by atoms with Crippen molar-refractivity contribution in [2.45, 2.75) is 6.92 Å². The fourth-order valence-corrected chi connectivity index (χ4v) is 1.27. The van der Waals surface area contributed by atoms with Crippen LogP contribution in [-0.4, -0.2) is 25.0 Å². The number of rotatable bonds is 1. The van der Waals surface area contributed by atoms with Crippen LogP contribution in [0.4, 0.5) is 0 Å². The molecular weight excluding hydrogens is 112 g/mol. The van der Waals surface area contributed by atoms with E-state index in [1.54, 1.807) is 0 Å². The summed E-state index contributed by atoms with van der Waals surface area (Å²) in [5.74, 6) is 0.667. The quantitative estimate of drug-likeness (QED) is 0.551. The molecule has 0 bridgehead atoms. The maximum absolute atomic E-state index is 5.49. The molecule has 1 heterocycles. The molecule has 1 atom stereocenters. The monoisotopic (exact) mass is 126 g/mol. The molecule has 1 aliphatic rings. The van der Waals surface area contributed by atoms with Gasteiger partial charge in [-0.1, -0.05) is 6.92 Å². The van der Waals surface area contributed by atoms with Gasteiger partial charge in [-0.15, -0.1) is 0 Å². The highest BCUT2D eigenvalue weighted by Crippen LogP contribution is 2.17. The number of hydrogen-bond acceptors (Lipinski definition) is 2. The zero-order valence-electron chi connectivity index (χ0n) is 6.09. The Morgan fingerprint density at radius 1 is 1.89 bits per heavy atom. The molecular formula is C7H14N2. The van der Waals surface area contributed by atoms with Crippen LogP contribution in [0, 0.1) is 5.92 Å². The van der Waals surface area contributed by atoms with Crippen molar-refractivity contribution in [3.8, 4) is 0 Å². The van der Waals surface area contributed by atoms with E-state index in [1.165, 1.54) is 5.57 Å². The molecule has 0 aromatic carbocycles. The molecule has 0 amide bonds. The Bertz CT molecular complexity index is 129. The van der Waals surface area contributed by atoms with E-state index < -0.39 is 0 Å². The Hall–Kier alpha value is -0.500. The summed E-state index contributed by atoms with van der Waals surface area (Å²) >= 11 is 0. The van der Waals surface area contributed by atoms with Crippen LogP contribution < -0.4 is 5.73 Å². The molecule has 2 heteroatoms. The lowest BCUT2D eigenvalue weighted by molar-refractivity contribution is 0.448. The van der Waals surface area contributed by atoms with Crippen molar-refractivity contribution in [1.29, 1.82) is 0 Å². The molecule has 0 spiro atoms. The molecule has 9 heavy (non-hydrogen) atoms. The lowest BCUT2D eigenvalue weighted by Gasteiger charge is -2.07. The van der Waals surface area contributed by atoms with Crippen LogP contribution in [0.1, 0.15) is 6.92 Å². The van der Waals surface area contributed by atoms with Crippen molar-refractivity contribution in [3.63, 3.8) is 0 Å². The zero-order chi connectivity index (χ0) is 6.85. The molecule has 1 aliphatic heterocycles. The maximum Gasteiger partial charge on any atom is 0.0233 e. The first kappa shape index (κ1) is 6.62.